The minimum absolute atomic E-state index is 0.0270. The van der Waals surface area contributed by atoms with Gasteiger partial charge in [-0.05, 0) is 0 Å². The lowest BCUT2D eigenvalue weighted by Crippen LogP contribution is -2.47. The van der Waals surface area contributed by atoms with E-state index in [-0.39, 0.29) is 23.3 Å². The van der Waals surface area contributed by atoms with Crippen LogP contribution in [0, 0.1) is 0 Å². The fraction of sp³-hybridized carbons (Fsp3) is 0.625. The second kappa shape index (κ2) is 12.0. The highest BCUT2D eigenvalue weighted by molar-refractivity contribution is 7.61. The minimum Gasteiger partial charge on any atom is -0.394 e. The van der Waals surface area contributed by atoms with Crippen LogP contribution in [-0.4, -0.2) is 122 Å². The Kier molecular flexibility index (Phi) is 9.67. The molecule has 10 N–H and O–H groups in total. The monoisotopic (exact) mass is 589 g/mol. The van der Waals surface area contributed by atoms with Crippen molar-refractivity contribution in [2.24, 2.45) is 0 Å². The van der Waals surface area contributed by atoms with Gasteiger partial charge in [0.25, 0.3) is 0 Å². The molecule has 22 heteroatoms. The number of hydrogen-bond acceptors (Lipinski definition) is 17. The van der Waals surface area contributed by atoms with Crippen LogP contribution in [0.4, 0.5) is 5.82 Å². The summed E-state index contributed by atoms with van der Waals surface area (Å²) in [5, 5.41) is 58.2. The van der Waals surface area contributed by atoms with E-state index in [1.54, 1.807) is 0 Å². The third-order valence-electron chi connectivity index (χ3n) is 5.26. The summed E-state index contributed by atoms with van der Waals surface area (Å²) in [5.41, 5.74) is 6.00. The van der Waals surface area contributed by atoms with Crippen molar-refractivity contribution in [3.05, 3.63) is 12.7 Å². The molecule has 20 nitrogen and oxygen atoms in total. The summed E-state index contributed by atoms with van der Waals surface area (Å²) in [4.78, 5) is 42.4. The lowest BCUT2D eigenvalue weighted by atomic mass is 10.0. The van der Waals surface area contributed by atoms with Crippen molar-refractivity contribution in [1.29, 1.82) is 0 Å². The average Bonchev–Trinajstić information content (AvgIpc) is 3.41. The molecule has 3 rings (SSSR count). The summed E-state index contributed by atoms with van der Waals surface area (Å²) in [6, 6.07) is 0. The first-order chi connectivity index (χ1) is 17.7. The molecule has 38 heavy (non-hydrogen) atoms. The number of anilines is 1. The Bertz CT molecular complexity index is 1220. The number of nitrogen functional groups attached to an aromatic ring is 1. The number of carbonyl (C=O) groups excluding carboxylic acids is 1. The van der Waals surface area contributed by atoms with Crippen molar-refractivity contribution in [3.8, 4) is 0 Å². The largest absolute Gasteiger partial charge is 0.481 e. The normalized spacial score (nSPS) is 28.3. The number of phosphoric acid groups is 2. The van der Waals surface area contributed by atoms with Crippen LogP contribution in [0.1, 0.15) is 6.23 Å². The molecule has 0 aromatic carbocycles. The van der Waals surface area contributed by atoms with Gasteiger partial charge >= 0.3 is 15.6 Å². The summed E-state index contributed by atoms with van der Waals surface area (Å²) in [7, 11) is -11.2. The van der Waals surface area contributed by atoms with Crippen molar-refractivity contribution < 1.29 is 72.4 Å². The Morgan fingerprint density at radius 2 is 1.79 bits per heavy atom. The van der Waals surface area contributed by atoms with Gasteiger partial charge in [-0.3, -0.25) is 13.6 Å². The third-order valence-corrected chi connectivity index (χ3v) is 7.90. The predicted octanol–water partition coefficient (Wildman–Crippen LogP) is -4.08. The molecule has 1 fully saturated rings. The number of rotatable bonds is 13. The average molecular weight is 589 g/mol. The van der Waals surface area contributed by atoms with E-state index in [1.165, 1.54) is 10.9 Å². The molecule has 214 valence electrons. The van der Waals surface area contributed by atoms with Crippen LogP contribution in [0.3, 0.4) is 0 Å². The Labute approximate surface area is 212 Å². The van der Waals surface area contributed by atoms with Crippen molar-refractivity contribution in [2.45, 2.75) is 49.0 Å². The number of imidazole rings is 1. The van der Waals surface area contributed by atoms with E-state index in [0.717, 1.165) is 6.33 Å². The number of nitrogens with two attached hydrogens (primary N) is 1. The maximum absolute atomic E-state index is 12.2. The van der Waals surface area contributed by atoms with Gasteiger partial charge in [0.15, 0.2) is 30.1 Å². The topological polar surface area (TPSA) is 320 Å². The second-order valence-electron chi connectivity index (χ2n) is 7.88. The van der Waals surface area contributed by atoms with E-state index >= 15 is 0 Å². The molecule has 10 unspecified atom stereocenters. The number of ether oxygens (including phenoxy) is 1. The predicted molar refractivity (Wildman–Crippen MR) is 118 cm³/mol. The maximum Gasteiger partial charge on any atom is 0.481 e. The summed E-state index contributed by atoms with van der Waals surface area (Å²) < 4.78 is 43.9. The van der Waals surface area contributed by atoms with Gasteiger partial charge in [0.1, 0.15) is 48.5 Å². The molecule has 2 aromatic rings. The lowest BCUT2D eigenvalue weighted by Gasteiger charge is -2.27. The molecule has 3 heterocycles. The molecule has 0 aliphatic carbocycles. The van der Waals surface area contributed by atoms with Gasteiger partial charge in [-0.25, -0.2) is 24.1 Å². The highest BCUT2D eigenvalue weighted by Crippen LogP contribution is 2.61. The highest BCUT2D eigenvalue weighted by Gasteiger charge is 2.47. The number of fused-ring (bicyclic) bond motifs is 1. The van der Waals surface area contributed by atoms with Crippen molar-refractivity contribution in [3.63, 3.8) is 0 Å². The van der Waals surface area contributed by atoms with Gasteiger partial charge in [0, 0.05) is 0 Å². The Morgan fingerprint density at radius 1 is 1.11 bits per heavy atom. The Hall–Kier alpha value is -2.00. The van der Waals surface area contributed by atoms with E-state index in [4.69, 9.17) is 15.6 Å². The summed E-state index contributed by atoms with van der Waals surface area (Å²) >= 11 is 0. The standard InChI is InChI=1S/C16H25N5O15P2/c17-14-9-15(19-4-18-14)21(5-20-9)16-13(28)12(27)8(34-16)3-33-37(29,30)36-38(31,32)35-7(2-23)11(26)10(25)6(24)1-22/h2,4-8,10-13,16,22,24-28H,1,3H2,(H,29,30)(H,31,32)(H2,17,18,19). The number of phosphoric ester groups is 2. The van der Waals surface area contributed by atoms with E-state index in [2.05, 4.69) is 28.3 Å². The highest BCUT2D eigenvalue weighted by atomic mass is 31.3. The zero-order chi connectivity index (χ0) is 28.4. The van der Waals surface area contributed by atoms with Crippen LogP contribution in [-0.2, 0) is 32.0 Å². The van der Waals surface area contributed by atoms with Gasteiger partial charge < -0.3 is 55.7 Å². The van der Waals surface area contributed by atoms with Gasteiger partial charge in [0.05, 0.1) is 19.5 Å². The van der Waals surface area contributed by atoms with Crippen LogP contribution in [0.15, 0.2) is 12.7 Å². The van der Waals surface area contributed by atoms with E-state index < -0.39 is 77.8 Å². The van der Waals surface area contributed by atoms with Crippen LogP contribution in [0.2, 0.25) is 0 Å². The van der Waals surface area contributed by atoms with Crippen molar-refractivity contribution >= 4 is 38.9 Å². The molecule has 10 atom stereocenters. The number of carbonyl (C=O) groups is 1. The third kappa shape index (κ3) is 6.76. The van der Waals surface area contributed by atoms with Crippen LogP contribution >= 0.6 is 15.6 Å². The SMILES string of the molecule is Nc1ncnc2c1ncn2C1OC(COP(=O)(O)OP(=O)(O)OC(C=O)C(O)C(O)C(O)CO)C(O)C1O. The molecule has 1 aliphatic rings. The molecule has 2 aromatic heterocycles. The molecule has 0 spiro atoms. The number of aromatic nitrogens is 4. The first kappa shape index (κ1) is 30.5. The Balaban J connectivity index is 1.63. The molecule has 1 saturated heterocycles. The lowest BCUT2D eigenvalue weighted by molar-refractivity contribution is -0.135. The zero-order valence-corrected chi connectivity index (χ0v) is 20.7. The molecule has 0 bridgehead atoms. The van der Waals surface area contributed by atoms with Crippen LogP contribution < -0.4 is 5.73 Å². The second-order valence-corrected chi connectivity index (χ2v) is 10.9. The summed E-state index contributed by atoms with van der Waals surface area (Å²) in [6.45, 7) is -2.03. The Morgan fingerprint density at radius 3 is 2.42 bits per heavy atom. The molecule has 1 aliphatic heterocycles. The molecule has 0 radical (unpaired) electrons. The van der Waals surface area contributed by atoms with Gasteiger partial charge in [-0.1, -0.05) is 0 Å². The number of aliphatic hydroxyl groups excluding tert-OH is 6. The van der Waals surface area contributed by atoms with Gasteiger partial charge in [-0.2, -0.15) is 4.31 Å². The van der Waals surface area contributed by atoms with Gasteiger partial charge in [0.2, 0.25) is 0 Å². The molecule has 0 saturated carbocycles. The number of hydrogen-bond donors (Lipinski definition) is 9. The first-order valence-corrected chi connectivity index (χ1v) is 13.4. The number of aliphatic hydroxyl groups is 6. The first-order valence-electron chi connectivity index (χ1n) is 10.5. The maximum atomic E-state index is 12.2. The van der Waals surface area contributed by atoms with Crippen LogP contribution in [0.25, 0.3) is 11.2 Å². The fourth-order valence-electron chi connectivity index (χ4n) is 3.35. The van der Waals surface area contributed by atoms with Gasteiger partial charge in [-0.15, -0.1) is 0 Å². The van der Waals surface area contributed by atoms with E-state index in [9.17, 15) is 49.2 Å². The van der Waals surface area contributed by atoms with E-state index in [0.29, 0.717) is 0 Å². The molecular weight excluding hydrogens is 564 g/mol. The summed E-state index contributed by atoms with van der Waals surface area (Å²) in [5.74, 6) is 0.0270. The zero-order valence-electron chi connectivity index (χ0n) is 19.0. The number of nitrogens with zero attached hydrogens (tertiary/aromatic N) is 4. The minimum atomic E-state index is -5.67. The van der Waals surface area contributed by atoms with Crippen molar-refractivity contribution in [1.82, 2.24) is 19.5 Å². The fourth-order valence-corrected chi connectivity index (χ4v) is 5.55. The number of aldehydes is 1. The van der Waals surface area contributed by atoms with E-state index in [1.807, 2.05) is 0 Å². The summed E-state index contributed by atoms with van der Waals surface area (Å²) in [6.07, 6.45) is -13.0. The van der Waals surface area contributed by atoms with Crippen molar-refractivity contribution in [2.75, 3.05) is 18.9 Å². The smallest absolute Gasteiger partial charge is 0.394 e. The quantitative estimate of drug-likeness (QED) is 0.0792. The molecular formula is C16H25N5O15P2. The molecule has 0 amide bonds. The van der Waals surface area contributed by atoms with Crippen LogP contribution in [0.5, 0.6) is 0 Å².